The Balaban J connectivity index is 2.07. The van der Waals surface area contributed by atoms with Gasteiger partial charge in [0.15, 0.2) is 11.0 Å². The van der Waals surface area contributed by atoms with Crippen molar-refractivity contribution in [2.24, 2.45) is 7.05 Å². The van der Waals surface area contributed by atoms with Gasteiger partial charge in [-0.15, -0.1) is 0 Å². The van der Waals surface area contributed by atoms with E-state index in [4.69, 9.17) is 9.47 Å². The highest BCUT2D eigenvalue weighted by molar-refractivity contribution is 7.99. The second-order valence-electron chi connectivity index (χ2n) is 5.51. The van der Waals surface area contributed by atoms with E-state index in [2.05, 4.69) is 15.0 Å². The monoisotopic (exact) mass is 386 g/mol. The fourth-order valence-electron chi connectivity index (χ4n) is 2.45. The number of carboxylic acids is 1. The molecule has 1 N–H and O–H groups in total. The summed E-state index contributed by atoms with van der Waals surface area (Å²) in [5.74, 6) is 0.198. The first-order valence-electron chi connectivity index (χ1n) is 7.97. The van der Waals surface area contributed by atoms with Crippen LogP contribution >= 0.6 is 11.8 Å². The third-order valence-corrected chi connectivity index (χ3v) is 5.15. The minimum atomic E-state index is -1.03. The Kier molecular flexibility index (Phi) is 5.60. The summed E-state index contributed by atoms with van der Waals surface area (Å²) in [4.78, 5) is 24.5. The average molecular weight is 386 g/mol. The summed E-state index contributed by atoms with van der Waals surface area (Å²) in [6.45, 7) is 0. The van der Waals surface area contributed by atoms with Crippen LogP contribution in [0.1, 0.15) is 27.1 Å². The van der Waals surface area contributed by atoms with Crippen LogP contribution < -0.4 is 9.47 Å². The van der Waals surface area contributed by atoms with Gasteiger partial charge in [0, 0.05) is 7.05 Å². The number of carbonyl (C=O) groups is 1. The first-order chi connectivity index (χ1) is 13.0. The molecule has 0 radical (unpaired) electrons. The van der Waals surface area contributed by atoms with Gasteiger partial charge >= 0.3 is 5.97 Å². The minimum absolute atomic E-state index is 0.105. The largest absolute Gasteiger partial charge is 0.481 e. The van der Waals surface area contributed by atoms with Gasteiger partial charge < -0.3 is 19.1 Å². The summed E-state index contributed by atoms with van der Waals surface area (Å²) in [5, 5.41) is 9.45. The van der Waals surface area contributed by atoms with E-state index in [1.807, 2.05) is 30.3 Å². The Labute approximate surface area is 160 Å². The van der Waals surface area contributed by atoms with E-state index < -0.39 is 5.97 Å². The number of nitrogens with zero attached hydrogens (tertiary/aromatic N) is 4. The SMILES string of the molecule is COc1cc(OC)nc([C@H](Sc2ncc(C(=O)O)n2C)c2ccccc2)n1. The van der Waals surface area contributed by atoms with Crippen molar-refractivity contribution >= 4 is 17.7 Å². The normalized spacial score (nSPS) is 11.8. The van der Waals surface area contributed by atoms with Crippen molar-refractivity contribution < 1.29 is 19.4 Å². The van der Waals surface area contributed by atoms with Gasteiger partial charge in [-0.1, -0.05) is 42.1 Å². The van der Waals surface area contributed by atoms with Crippen LogP contribution in [0.5, 0.6) is 11.8 Å². The molecular weight excluding hydrogens is 368 g/mol. The van der Waals surface area contributed by atoms with Crippen LogP contribution in [0.4, 0.5) is 0 Å². The lowest BCUT2D eigenvalue weighted by Gasteiger charge is -2.17. The van der Waals surface area contributed by atoms with Crippen molar-refractivity contribution in [3.8, 4) is 11.8 Å². The Hall–Kier alpha value is -3.07. The van der Waals surface area contributed by atoms with Crippen LogP contribution in [-0.4, -0.2) is 44.8 Å². The third-order valence-electron chi connectivity index (χ3n) is 3.84. The molecule has 2 aromatic heterocycles. The van der Waals surface area contributed by atoms with Crippen LogP contribution in [0.15, 0.2) is 47.8 Å². The second-order valence-corrected chi connectivity index (χ2v) is 6.58. The highest BCUT2D eigenvalue weighted by Gasteiger charge is 2.24. The Bertz CT molecular complexity index is 924. The highest BCUT2D eigenvalue weighted by Crippen LogP contribution is 2.39. The number of carboxylic acid groups (broad SMARTS) is 1. The number of aromatic carboxylic acids is 1. The Morgan fingerprint density at radius 3 is 2.30 bits per heavy atom. The van der Waals surface area contributed by atoms with Gasteiger partial charge in [0.1, 0.15) is 5.69 Å². The standard InChI is InChI=1S/C18H18N4O4S/c1-22-12(17(23)24)10-19-18(22)27-15(11-7-5-4-6-8-11)16-20-13(25-2)9-14(21-16)26-3/h4-10,15H,1-3H3,(H,23,24)/t15-/m1/s1. The molecule has 8 nitrogen and oxygen atoms in total. The van der Waals surface area contributed by atoms with Crippen LogP contribution in [-0.2, 0) is 7.05 Å². The van der Waals surface area contributed by atoms with Gasteiger partial charge in [-0.2, -0.15) is 9.97 Å². The molecule has 0 bridgehead atoms. The number of hydrogen-bond donors (Lipinski definition) is 1. The fraction of sp³-hybridized carbons (Fsp3) is 0.222. The number of rotatable bonds is 7. The summed E-state index contributed by atoms with van der Waals surface area (Å²) in [7, 11) is 4.70. The molecular formula is C18H18N4O4S. The highest BCUT2D eigenvalue weighted by atomic mass is 32.2. The number of thioether (sulfide) groups is 1. The van der Waals surface area contributed by atoms with Crippen molar-refractivity contribution in [2.75, 3.05) is 14.2 Å². The van der Waals surface area contributed by atoms with Crippen LogP contribution in [0.2, 0.25) is 0 Å². The van der Waals surface area contributed by atoms with Crippen molar-refractivity contribution in [2.45, 2.75) is 10.4 Å². The predicted octanol–water partition coefficient (Wildman–Crippen LogP) is 2.81. The minimum Gasteiger partial charge on any atom is -0.481 e. The molecule has 2 heterocycles. The van der Waals surface area contributed by atoms with Gasteiger partial charge in [0.2, 0.25) is 11.8 Å². The molecule has 140 valence electrons. The van der Waals surface area contributed by atoms with E-state index in [1.165, 1.54) is 36.7 Å². The fourth-order valence-corrected chi connectivity index (χ4v) is 3.54. The Morgan fingerprint density at radius 2 is 1.78 bits per heavy atom. The number of hydrogen-bond acceptors (Lipinski definition) is 7. The van der Waals surface area contributed by atoms with Crippen molar-refractivity contribution in [1.82, 2.24) is 19.5 Å². The molecule has 0 fully saturated rings. The molecule has 0 unspecified atom stereocenters. The molecule has 3 rings (SSSR count). The lowest BCUT2D eigenvalue weighted by Crippen LogP contribution is -2.08. The molecule has 27 heavy (non-hydrogen) atoms. The van der Waals surface area contributed by atoms with Gasteiger partial charge in [-0.3, -0.25) is 0 Å². The molecule has 9 heteroatoms. The number of ether oxygens (including phenoxy) is 2. The number of benzene rings is 1. The second kappa shape index (κ2) is 8.09. The van der Waals surface area contributed by atoms with Gasteiger partial charge in [0.25, 0.3) is 0 Å². The lowest BCUT2D eigenvalue weighted by atomic mass is 10.1. The molecule has 1 atom stereocenters. The zero-order chi connectivity index (χ0) is 19.4. The topological polar surface area (TPSA) is 99.4 Å². The molecule has 3 aromatic rings. The van der Waals surface area contributed by atoms with Crippen molar-refractivity contribution in [1.29, 1.82) is 0 Å². The van der Waals surface area contributed by atoms with Crippen molar-refractivity contribution in [3.63, 3.8) is 0 Å². The summed E-state index contributed by atoms with van der Waals surface area (Å²) >= 11 is 1.35. The molecule has 0 saturated carbocycles. The van der Waals surface area contributed by atoms with E-state index in [0.717, 1.165) is 5.56 Å². The molecule has 0 aliphatic rings. The molecule has 1 aromatic carbocycles. The van der Waals surface area contributed by atoms with E-state index in [9.17, 15) is 9.90 Å². The predicted molar refractivity (Wildman–Crippen MR) is 99.4 cm³/mol. The first kappa shape index (κ1) is 18.7. The van der Waals surface area contributed by atoms with Gasteiger partial charge in [0.05, 0.1) is 31.7 Å². The summed E-state index contributed by atoms with van der Waals surface area (Å²) < 4.78 is 12.0. The first-order valence-corrected chi connectivity index (χ1v) is 8.85. The van der Waals surface area contributed by atoms with Gasteiger partial charge in [-0.05, 0) is 5.56 Å². The molecule has 0 aliphatic carbocycles. The summed E-state index contributed by atoms with van der Waals surface area (Å²) in [6, 6.07) is 11.3. The van der Waals surface area contributed by atoms with Crippen LogP contribution in [0.3, 0.4) is 0 Å². The van der Waals surface area contributed by atoms with Crippen LogP contribution in [0.25, 0.3) is 0 Å². The van der Waals surface area contributed by atoms with E-state index in [1.54, 1.807) is 13.1 Å². The number of methoxy groups -OCH3 is 2. The summed E-state index contributed by atoms with van der Waals surface area (Å²) in [6.07, 6.45) is 1.33. The Morgan fingerprint density at radius 1 is 1.15 bits per heavy atom. The van der Waals surface area contributed by atoms with Gasteiger partial charge in [-0.25, -0.2) is 9.78 Å². The molecule has 0 spiro atoms. The maximum Gasteiger partial charge on any atom is 0.354 e. The molecule has 0 saturated heterocycles. The van der Waals surface area contributed by atoms with E-state index >= 15 is 0 Å². The molecule has 0 aliphatic heterocycles. The van der Waals surface area contributed by atoms with E-state index in [-0.39, 0.29) is 10.9 Å². The smallest absolute Gasteiger partial charge is 0.354 e. The molecule has 0 amide bonds. The zero-order valence-electron chi connectivity index (χ0n) is 15.0. The maximum atomic E-state index is 11.3. The zero-order valence-corrected chi connectivity index (χ0v) is 15.8. The van der Waals surface area contributed by atoms with Crippen LogP contribution in [0, 0.1) is 0 Å². The third kappa shape index (κ3) is 4.03. The van der Waals surface area contributed by atoms with Crippen molar-refractivity contribution in [3.05, 3.63) is 59.7 Å². The number of aromatic nitrogens is 4. The summed E-state index contributed by atoms with van der Waals surface area (Å²) in [5.41, 5.74) is 1.05. The maximum absolute atomic E-state index is 11.3. The van der Waals surface area contributed by atoms with E-state index in [0.29, 0.717) is 22.7 Å². The lowest BCUT2D eigenvalue weighted by molar-refractivity contribution is 0.0685. The quantitative estimate of drug-likeness (QED) is 0.619. The number of imidazole rings is 1. The average Bonchev–Trinajstić information content (AvgIpc) is 3.06.